The number of rotatable bonds is 6. The van der Waals surface area contributed by atoms with Crippen LogP contribution in [0, 0.1) is 0 Å². The lowest BCUT2D eigenvalue weighted by molar-refractivity contribution is -0.137. The zero-order chi connectivity index (χ0) is 12.7. The first kappa shape index (κ1) is 14.0. The summed E-state index contributed by atoms with van der Waals surface area (Å²) < 4.78 is 5.25. The molecule has 1 rings (SSSR count). The lowest BCUT2D eigenvalue weighted by Gasteiger charge is -2.34. The highest BCUT2D eigenvalue weighted by atomic mass is 16.5. The van der Waals surface area contributed by atoms with Gasteiger partial charge < -0.3 is 15.2 Å². The summed E-state index contributed by atoms with van der Waals surface area (Å²) in [5, 5.41) is 11.5. The molecule has 1 amide bonds. The largest absolute Gasteiger partial charge is 0.481 e. The van der Waals surface area contributed by atoms with Crippen molar-refractivity contribution in [3.05, 3.63) is 0 Å². The van der Waals surface area contributed by atoms with Crippen molar-refractivity contribution in [1.82, 2.24) is 5.32 Å². The van der Waals surface area contributed by atoms with Gasteiger partial charge in [0.05, 0.1) is 0 Å². The standard InChI is InChI=1S/C12H21NO4/c1-12(6-8-17-9-7-12)13-10(14)4-2-3-5-11(15)16/h2-9H2,1H3,(H,13,14)(H,15,16). The fourth-order valence-corrected chi connectivity index (χ4v) is 1.91. The molecule has 0 radical (unpaired) electrons. The van der Waals surface area contributed by atoms with Gasteiger partial charge in [-0.2, -0.15) is 0 Å². The molecule has 5 nitrogen and oxygen atoms in total. The van der Waals surface area contributed by atoms with E-state index in [1.54, 1.807) is 0 Å². The van der Waals surface area contributed by atoms with E-state index in [0.29, 0.717) is 32.5 Å². The van der Waals surface area contributed by atoms with Gasteiger partial charge in [0.1, 0.15) is 0 Å². The Morgan fingerprint density at radius 2 is 1.82 bits per heavy atom. The van der Waals surface area contributed by atoms with Crippen LogP contribution in [0.3, 0.4) is 0 Å². The summed E-state index contributed by atoms with van der Waals surface area (Å²) in [5.41, 5.74) is -0.151. The number of carboxylic acid groups (broad SMARTS) is 1. The van der Waals surface area contributed by atoms with Crippen LogP contribution >= 0.6 is 0 Å². The average molecular weight is 243 g/mol. The average Bonchev–Trinajstić information content (AvgIpc) is 2.24. The quantitative estimate of drug-likeness (QED) is 0.690. The first-order valence-corrected chi connectivity index (χ1v) is 6.12. The van der Waals surface area contributed by atoms with E-state index in [4.69, 9.17) is 9.84 Å². The lowest BCUT2D eigenvalue weighted by atomic mass is 9.92. The van der Waals surface area contributed by atoms with Gasteiger partial charge in [-0.25, -0.2) is 0 Å². The highest BCUT2D eigenvalue weighted by molar-refractivity contribution is 5.76. The van der Waals surface area contributed by atoms with E-state index in [1.165, 1.54) is 0 Å². The van der Waals surface area contributed by atoms with E-state index < -0.39 is 5.97 Å². The molecule has 0 atom stereocenters. The maximum Gasteiger partial charge on any atom is 0.303 e. The molecular weight excluding hydrogens is 222 g/mol. The van der Waals surface area contributed by atoms with Gasteiger partial charge in [-0.05, 0) is 32.6 Å². The van der Waals surface area contributed by atoms with Crippen molar-refractivity contribution in [2.45, 2.75) is 51.0 Å². The molecule has 0 spiro atoms. The SMILES string of the molecule is CC1(NC(=O)CCCCC(=O)O)CCOCC1. The molecule has 1 aliphatic rings. The van der Waals surface area contributed by atoms with E-state index >= 15 is 0 Å². The third-order valence-electron chi connectivity index (χ3n) is 3.08. The summed E-state index contributed by atoms with van der Waals surface area (Å²) in [6, 6.07) is 0. The van der Waals surface area contributed by atoms with Crippen LogP contribution in [0.1, 0.15) is 45.4 Å². The Balaban J connectivity index is 2.17. The van der Waals surface area contributed by atoms with Crippen LogP contribution in [0.2, 0.25) is 0 Å². The minimum absolute atomic E-state index is 0.0137. The van der Waals surface area contributed by atoms with Crippen LogP contribution < -0.4 is 5.32 Å². The summed E-state index contributed by atoms with van der Waals surface area (Å²) in [6.07, 6.45) is 3.41. The number of carboxylic acids is 1. The summed E-state index contributed by atoms with van der Waals surface area (Å²) in [5.74, 6) is -0.790. The molecule has 0 unspecified atom stereocenters. The van der Waals surface area contributed by atoms with Gasteiger partial charge in [-0.3, -0.25) is 9.59 Å². The number of hydrogen-bond acceptors (Lipinski definition) is 3. The Labute approximate surface area is 102 Å². The van der Waals surface area contributed by atoms with Gasteiger partial charge in [0.25, 0.3) is 0 Å². The summed E-state index contributed by atoms with van der Waals surface area (Å²) >= 11 is 0. The van der Waals surface area contributed by atoms with Crippen molar-refractivity contribution in [2.75, 3.05) is 13.2 Å². The van der Waals surface area contributed by atoms with Gasteiger partial charge in [-0.1, -0.05) is 0 Å². The van der Waals surface area contributed by atoms with Gasteiger partial charge >= 0.3 is 5.97 Å². The summed E-state index contributed by atoms with van der Waals surface area (Å²) in [6.45, 7) is 3.41. The molecule has 2 N–H and O–H groups in total. The highest BCUT2D eigenvalue weighted by Crippen LogP contribution is 2.19. The Bertz CT molecular complexity index is 272. The molecule has 0 aromatic rings. The van der Waals surface area contributed by atoms with E-state index in [2.05, 4.69) is 5.32 Å². The molecule has 98 valence electrons. The monoisotopic (exact) mass is 243 g/mol. The molecular formula is C12H21NO4. The third kappa shape index (κ3) is 5.68. The van der Waals surface area contributed by atoms with Crippen molar-refractivity contribution in [3.63, 3.8) is 0 Å². The summed E-state index contributed by atoms with van der Waals surface area (Å²) in [4.78, 5) is 22.0. The smallest absolute Gasteiger partial charge is 0.303 e. The molecule has 1 heterocycles. The number of carbonyl (C=O) groups is 2. The van der Waals surface area contributed by atoms with E-state index in [1.807, 2.05) is 6.92 Å². The van der Waals surface area contributed by atoms with Crippen LogP contribution in [0.25, 0.3) is 0 Å². The molecule has 5 heteroatoms. The topological polar surface area (TPSA) is 75.6 Å². The highest BCUT2D eigenvalue weighted by Gasteiger charge is 2.28. The molecule has 0 aromatic carbocycles. The second-order valence-corrected chi connectivity index (χ2v) is 4.82. The molecule has 1 fully saturated rings. The zero-order valence-corrected chi connectivity index (χ0v) is 10.3. The minimum atomic E-state index is -0.804. The van der Waals surface area contributed by atoms with E-state index in [0.717, 1.165) is 12.8 Å². The molecule has 0 bridgehead atoms. The first-order chi connectivity index (χ1) is 8.02. The second kappa shape index (κ2) is 6.59. The van der Waals surface area contributed by atoms with E-state index in [-0.39, 0.29) is 17.9 Å². The number of amides is 1. The van der Waals surface area contributed by atoms with Gasteiger partial charge in [0.15, 0.2) is 0 Å². The van der Waals surface area contributed by atoms with Crippen molar-refractivity contribution in [1.29, 1.82) is 0 Å². The van der Waals surface area contributed by atoms with E-state index in [9.17, 15) is 9.59 Å². The molecule has 1 aliphatic heterocycles. The van der Waals surface area contributed by atoms with Crippen LogP contribution in [0.15, 0.2) is 0 Å². The number of aliphatic carboxylic acids is 1. The van der Waals surface area contributed by atoms with Crippen LogP contribution in [0.5, 0.6) is 0 Å². The Morgan fingerprint density at radius 3 is 2.41 bits per heavy atom. The van der Waals surface area contributed by atoms with Crippen LogP contribution in [0.4, 0.5) is 0 Å². The fourth-order valence-electron chi connectivity index (χ4n) is 1.91. The number of unbranched alkanes of at least 4 members (excludes halogenated alkanes) is 1. The number of carbonyl (C=O) groups excluding carboxylic acids is 1. The lowest BCUT2D eigenvalue weighted by Crippen LogP contribution is -2.49. The third-order valence-corrected chi connectivity index (χ3v) is 3.08. The number of nitrogens with one attached hydrogen (secondary N) is 1. The Morgan fingerprint density at radius 1 is 1.24 bits per heavy atom. The second-order valence-electron chi connectivity index (χ2n) is 4.82. The van der Waals surface area contributed by atoms with Crippen molar-refractivity contribution in [3.8, 4) is 0 Å². The maximum absolute atomic E-state index is 11.7. The predicted octanol–water partition coefficient (Wildman–Crippen LogP) is 1.32. The molecule has 0 aromatic heterocycles. The predicted molar refractivity (Wildman–Crippen MR) is 62.7 cm³/mol. The molecule has 1 saturated heterocycles. The summed E-state index contributed by atoms with van der Waals surface area (Å²) in [7, 11) is 0. The fraction of sp³-hybridized carbons (Fsp3) is 0.833. The van der Waals surface area contributed by atoms with Gasteiger partial charge in [0.2, 0.25) is 5.91 Å². The number of ether oxygens (including phenoxy) is 1. The minimum Gasteiger partial charge on any atom is -0.481 e. The molecule has 0 aliphatic carbocycles. The normalized spacial score (nSPS) is 18.6. The zero-order valence-electron chi connectivity index (χ0n) is 10.3. The van der Waals surface area contributed by atoms with Crippen LogP contribution in [-0.2, 0) is 14.3 Å². The van der Waals surface area contributed by atoms with Gasteiger partial charge in [0, 0.05) is 31.6 Å². The number of hydrogen-bond donors (Lipinski definition) is 2. The van der Waals surface area contributed by atoms with Gasteiger partial charge in [-0.15, -0.1) is 0 Å². The van der Waals surface area contributed by atoms with Crippen molar-refractivity contribution >= 4 is 11.9 Å². The van der Waals surface area contributed by atoms with Crippen molar-refractivity contribution in [2.24, 2.45) is 0 Å². The van der Waals surface area contributed by atoms with Crippen molar-refractivity contribution < 1.29 is 19.4 Å². The Hall–Kier alpha value is -1.10. The molecule has 17 heavy (non-hydrogen) atoms. The van der Waals surface area contributed by atoms with Crippen LogP contribution in [-0.4, -0.2) is 35.7 Å². The first-order valence-electron chi connectivity index (χ1n) is 6.12. The maximum atomic E-state index is 11.7. The Kier molecular flexibility index (Phi) is 5.41. The molecule has 0 saturated carbocycles.